The second-order valence-electron chi connectivity index (χ2n) is 10.7. The van der Waals surface area contributed by atoms with Crippen LogP contribution in [0.15, 0.2) is 48.5 Å². The van der Waals surface area contributed by atoms with Crippen LogP contribution in [0, 0.1) is 5.92 Å². The molecule has 0 unspecified atom stereocenters. The summed E-state index contributed by atoms with van der Waals surface area (Å²) in [7, 11) is -2.20. The SMILES string of the molecule is CN(c1cc(C(=O)N[C@@H](Cc2ccccc2)[C@H](O)CNC2CC2)cc(C(=O)C2CCCCC2)c1)S(C)(=O)=O. The molecular formula is C29H39N3O5S. The lowest BCUT2D eigenvalue weighted by atomic mass is 9.83. The minimum absolute atomic E-state index is 0.0583. The molecule has 0 bridgehead atoms. The smallest absolute Gasteiger partial charge is 0.251 e. The quantitative estimate of drug-likeness (QED) is 0.355. The number of nitrogens with one attached hydrogen (secondary N) is 2. The van der Waals surface area contributed by atoms with Gasteiger partial charge in [0.15, 0.2) is 5.78 Å². The summed E-state index contributed by atoms with van der Waals surface area (Å²) in [4.78, 5) is 26.9. The van der Waals surface area contributed by atoms with Crippen molar-refractivity contribution < 1.29 is 23.1 Å². The number of Topliss-reactive ketones (excluding diaryl/α,β-unsaturated/α-hetero) is 1. The number of aliphatic hydroxyl groups is 1. The summed E-state index contributed by atoms with van der Waals surface area (Å²) in [6, 6.07) is 14.1. The van der Waals surface area contributed by atoms with Crippen molar-refractivity contribution in [2.24, 2.45) is 5.92 Å². The van der Waals surface area contributed by atoms with E-state index in [4.69, 9.17) is 0 Å². The van der Waals surface area contributed by atoms with Gasteiger partial charge in [0, 0.05) is 36.7 Å². The molecule has 38 heavy (non-hydrogen) atoms. The number of rotatable bonds is 12. The van der Waals surface area contributed by atoms with Gasteiger partial charge >= 0.3 is 0 Å². The van der Waals surface area contributed by atoms with Crippen molar-refractivity contribution in [1.82, 2.24) is 10.6 Å². The van der Waals surface area contributed by atoms with Crippen LogP contribution in [-0.4, -0.2) is 63.3 Å². The molecule has 0 spiro atoms. The van der Waals surface area contributed by atoms with Crippen LogP contribution in [0.1, 0.15) is 71.2 Å². The molecule has 9 heteroatoms. The highest BCUT2D eigenvalue weighted by atomic mass is 32.2. The Hall–Kier alpha value is -2.75. The lowest BCUT2D eigenvalue weighted by Gasteiger charge is -2.26. The number of benzene rings is 2. The molecule has 4 rings (SSSR count). The predicted molar refractivity (Wildman–Crippen MR) is 149 cm³/mol. The second kappa shape index (κ2) is 12.4. The van der Waals surface area contributed by atoms with Crippen molar-refractivity contribution in [3.63, 3.8) is 0 Å². The lowest BCUT2D eigenvalue weighted by Crippen LogP contribution is -2.49. The third-order valence-corrected chi connectivity index (χ3v) is 8.78. The van der Waals surface area contributed by atoms with E-state index >= 15 is 0 Å². The van der Waals surface area contributed by atoms with Gasteiger partial charge in [0.25, 0.3) is 5.91 Å². The summed E-state index contributed by atoms with van der Waals surface area (Å²) in [5, 5.41) is 17.3. The Bertz CT molecular complexity index is 1220. The maximum absolute atomic E-state index is 13.6. The fourth-order valence-corrected chi connectivity index (χ4v) is 5.47. The normalized spacial score (nSPS) is 18.0. The van der Waals surface area contributed by atoms with E-state index in [1.165, 1.54) is 13.1 Å². The number of nitrogens with zero attached hydrogens (tertiary/aromatic N) is 1. The largest absolute Gasteiger partial charge is 0.390 e. The molecule has 2 aromatic carbocycles. The number of carbonyl (C=O) groups is 2. The topological polar surface area (TPSA) is 116 Å². The molecule has 206 valence electrons. The van der Waals surface area contributed by atoms with E-state index in [-0.39, 0.29) is 23.0 Å². The van der Waals surface area contributed by atoms with Crippen LogP contribution in [0.3, 0.4) is 0 Å². The number of sulfonamides is 1. The van der Waals surface area contributed by atoms with Gasteiger partial charge in [0.05, 0.1) is 24.1 Å². The number of amides is 1. The van der Waals surface area contributed by atoms with Crippen LogP contribution in [0.25, 0.3) is 0 Å². The van der Waals surface area contributed by atoms with Crippen molar-refractivity contribution in [1.29, 1.82) is 0 Å². The Labute approximate surface area is 225 Å². The van der Waals surface area contributed by atoms with Crippen molar-refractivity contribution >= 4 is 27.4 Å². The number of aliphatic hydroxyl groups excluding tert-OH is 1. The van der Waals surface area contributed by atoms with Crippen LogP contribution < -0.4 is 14.9 Å². The number of hydrogen-bond acceptors (Lipinski definition) is 6. The molecule has 2 aliphatic carbocycles. The van der Waals surface area contributed by atoms with Crippen molar-refractivity contribution in [2.75, 3.05) is 24.2 Å². The molecule has 0 heterocycles. The third kappa shape index (κ3) is 7.65. The van der Waals surface area contributed by atoms with Crippen molar-refractivity contribution in [3.05, 3.63) is 65.2 Å². The minimum atomic E-state index is -3.61. The molecule has 2 fully saturated rings. The molecule has 0 radical (unpaired) electrons. The molecule has 0 aliphatic heterocycles. The maximum atomic E-state index is 13.6. The van der Waals surface area contributed by atoms with E-state index in [0.717, 1.165) is 61.1 Å². The molecular weight excluding hydrogens is 502 g/mol. The molecule has 1 amide bonds. The first-order valence-electron chi connectivity index (χ1n) is 13.5. The van der Waals surface area contributed by atoms with Crippen molar-refractivity contribution in [3.8, 4) is 0 Å². The van der Waals surface area contributed by atoms with E-state index in [1.54, 1.807) is 12.1 Å². The van der Waals surface area contributed by atoms with Gasteiger partial charge in [-0.15, -0.1) is 0 Å². The van der Waals surface area contributed by atoms with Gasteiger partial charge in [-0.05, 0) is 55.9 Å². The van der Waals surface area contributed by atoms with Crippen LogP contribution in [0.4, 0.5) is 5.69 Å². The van der Waals surface area contributed by atoms with Crippen LogP contribution in [0.5, 0.6) is 0 Å². The molecule has 0 saturated heterocycles. The second-order valence-corrected chi connectivity index (χ2v) is 12.7. The van der Waals surface area contributed by atoms with E-state index in [9.17, 15) is 23.1 Å². The zero-order chi connectivity index (χ0) is 27.3. The maximum Gasteiger partial charge on any atom is 0.251 e. The first kappa shape index (κ1) is 28.3. The third-order valence-electron chi connectivity index (χ3n) is 7.57. The summed E-state index contributed by atoms with van der Waals surface area (Å²) in [5.74, 6) is -0.644. The summed E-state index contributed by atoms with van der Waals surface area (Å²) in [5.41, 5.74) is 1.76. The number of ketones is 1. The van der Waals surface area contributed by atoms with Gasteiger partial charge in [-0.3, -0.25) is 13.9 Å². The van der Waals surface area contributed by atoms with Gasteiger partial charge in [-0.1, -0.05) is 49.6 Å². The summed E-state index contributed by atoms with van der Waals surface area (Å²) in [6.07, 6.45) is 7.53. The van der Waals surface area contributed by atoms with Crippen LogP contribution in [-0.2, 0) is 16.4 Å². The molecule has 3 N–H and O–H groups in total. The van der Waals surface area contributed by atoms with Gasteiger partial charge < -0.3 is 15.7 Å². The fourth-order valence-electron chi connectivity index (χ4n) is 4.98. The number of anilines is 1. The van der Waals surface area contributed by atoms with E-state index in [0.29, 0.717) is 24.6 Å². The highest BCUT2D eigenvalue weighted by Gasteiger charge is 2.28. The standard InChI is InChI=1S/C29H39N3O5S/c1-32(38(2,36)37)25-17-22(28(34)21-11-7-4-8-12-21)16-23(18-25)29(35)31-26(15-20-9-5-3-6-10-20)27(33)19-30-24-13-14-24/h3,5-6,9-10,16-18,21,24,26-27,30,33H,4,7-8,11-15,19H2,1-2H3,(H,31,35)/t26-,27+/m0/s1. The van der Waals surface area contributed by atoms with Crippen LogP contribution in [0.2, 0.25) is 0 Å². The Kier molecular flexibility index (Phi) is 9.23. The first-order valence-corrected chi connectivity index (χ1v) is 15.4. The molecule has 2 aromatic rings. The molecule has 2 saturated carbocycles. The van der Waals surface area contributed by atoms with Crippen LogP contribution >= 0.6 is 0 Å². The molecule has 2 atom stereocenters. The van der Waals surface area contributed by atoms with Crippen molar-refractivity contribution in [2.45, 2.75) is 69.6 Å². The van der Waals surface area contributed by atoms with E-state index < -0.39 is 28.1 Å². The molecule has 2 aliphatic rings. The summed E-state index contributed by atoms with van der Waals surface area (Å²) < 4.78 is 25.7. The molecule has 0 aromatic heterocycles. The number of hydrogen-bond donors (Lipinski definition) is 3. The zero-order valence-electron chi connectivity index (χ0n) is 22.2. The summed E-state index contributed by atoms with van der Waals surface area (Å²) >= 11 is 0. The van der Waals surface area contributed by atoms with Gasteiger partial charge in [0.1, 0.15) is 0 Å². The van der Waals surface area contributed by atoms with Gasteiger partial charge in [-0.2, -0.15) is 0 Å². The lowest BCUT2D eigenvalue weighted by molar-refractivity contribution is 0.0830. The Morgan fingerprint density at radius 1 is 1.00 bits per heavy atom. The molecule has 8 nitrogen and oxygen atoms in total. The summed E-state index contributed by atoms with van der Waals surface area (Å²) in [6.45, 7) is 0.352. The minimum Gasteiger partial charge on any atom is -0.390 e. The first-order chi connectivity index (χ1) is 18.1. The Balaban J connectivity index is 1.61. The average molecular weight is 542 g/mol. The zero-order valence-corrected chi connectivity index (χ0v) is 23.0. The fraction of sp³-hybridized carbons (Fsp3) is 0.517. The van der Waals surface area contributed by atoms with E-state index in [1.807, 2.05) is 30.3 Å². The average Bonchev–Trinajstić information content (AvgIpc) is 3.75. The van der Waals surface area contributed by atoms with Gasteiger partial charge in [-0.25, -0.2) is 8.42 Å². The van der Waals surface area contributed by atoms with Gasteiger partial charge in [0.2, 0.25) is 10.0 Å². The van der Waals surface area contributed by atoms with E-state index in [2.05, 4.69) is 10.6 Å². The highest BCUT2D eigenvalue weighted by molar-refractivity contribution is 7.92. The highest BCUT2D eigenvalue weighted by Crippen LogP contribution is 2.29. The Morgan fingerprint density at radius 3 is 2.29 bits per heavy atom. The predicted octanol–water partition coefficient (Wildman–Crippen LogP) is 3.30. The number of carbonyl (C=O) groups excluding carboxylic acids is 2. The Morgan fingerprint density at radius 2 is 1.66 bits per heavy atom. The monoisotopic (exact) mass is 541 g/mol.